The average Bonchev–Trinajstić information content (AvgIpc) is 2.18. The number of nitrogen functional groups attached to an aromatic ring is 1. The largest absolute Gasteiger partial charge is 0.488 e. The molecule has 0 saturated heterocycles. The molecule has 0 amide bonds. The number of hydrogen-bond acceptors (Lipinski definition) is 3. The van der Waals surface area contributed by atoms with Crippen molar-refractivity contribution in [2.24, 2.45) is 5.73 Å². The van der Waals surface area contributed by atoms with Crippen LogP contribution in [0.3, 0.4) is 0 Å². The van der Waals surface area contributed by atoms with E-state index in [1.54, 1.807) is 31.4 Å². The molecular formula is C11H16N2O2. The summed E-state index contributed by atoms with van der Waals surface area (Å²) in [4.78, 5) is 0. The normalized spacial score (nSPS) is 12.1. The molecule has 15 heavy (non-hydrogen) atoms. The fraction of sp³-hybridized carbons (Fsp3) is 0.364. The number of amidine groups is 1. The number of rotatable bonds is 5. The van der Waals surface area contributed by atoms with Gasteiger partial charge in [-0.3, -0.25) is 5.41 Å². The van der Waals surface area contributed by atoms with Crippen LogP contribution in [0.1, 0.15) is 12.5 Å². The monoisotopic (exact) mass is 208 g/mol. The van der Waals surface area contributed by atoms with Crippen molar-refractivity contribution in [3.05, 3.63) is 29.8 Å². The molecule has 0 saturated carbocycles. The van der Waals surface area contributed by atoms with E-state index in [9.17, 15) is 0 Å². The number of benzene rings is 1. The van der Waals surface area contributed by atoms with Crippen molar-refractivity contribution in [1.29, 1.82) is 5.41 Å². The van der Waals surface area contributed by atoms with Gasteiger partial charge in [0.15, 0.2) is 0 Å². The Bertz CT molecular complexity index is 322. The van der Waals surface area contributed by atoms with E-state index < -0.39 is 0 Å². The van der Waals surface area contributed by atoms with Gasteiger partial charge in [-0.25, -0.2) is 0 Å². The topological polar surface area (TPSA) is 68.3 Å². The summed E-state index contributed by atoms with van der Waals surface area (Å²) < 4.78 is 10.5. The van der Waals surface area contributed by atoms with Crippen molar-refractivity contribution in [2.45, 2.75) is 13.0 Å². The minimum absolute atomic E-state index is 0.0122. The van der Waals surface area contributed by atoms with Crippen molar-refractivity contribution in [3.63, 3.8) is 0 Å². The standard InChI is InChI=1S/C11H16N2O2/c1-8(7-14-2)15-10-5-3-9(4-6-10)11(12)13/h3-6,8H,7H2,1-2H3,(H3,12,13). The summed E-state index contributed by atoms with van der Waals surface area (Å²) >= 11 is 0. The fourth-order valence-corrected chi connectivity index (χ4v) is 1.21. The van der Waals surface area contributed by atoms with Gasteiger partial charge in [0, 0.05) is 12.7 Å². The third-order valence-corrected chi connectivity index (χ3v) is 1.90. The first kappa shape index (κ1) is 11.5. The first-order valence-corrected chi connectivity index (χ1v) is 4.73. The molecule has 4 nitrogen and oxygen atoms in total. The van der Waals surface area contributed by atoms with E-state index in [1.807, 2.05) is 6.92 Å². The molecule has 0 spiro atoms. The Hall–Kier alpha value is -1.55. The van der Waals surface area contributed by atoms with Gasteiger partial charge in [-0.05, 0) is 31.2 Å². The van der Waals surface area contributed by atoms with Gasteiger partial charge >= 0.3 is 0 Å². The summed E-state index contributed by atoms with van der Waals surface area (Å²) in [6.45, 7) is 2.48. The molecule has 1 aromatic carbocycles. The second kappa shape index (κ2) is 5.36. The van der Waals surface area contributed by atoms with Crippen LogP contribution in [0.4, 0.5) is 0 Å². The summed E-state index contributed by atoms with van der Waals surface area (Å²) in [5, 5.41) is 7.23. The Morgan fingerprint density at radius 1 is 1.40 bits per heavy atom. The lowest BCUT2D eigenvalue weighted by molar-refractivity contribution is 0.0921. The second-order valence-corrected chi connectivity index (χ2v) is 3.32. The molecule has 1 atom stereocenters. The highest BCUT2D eigenvalue weighted by molar-refractivity contribution is 5.94. The highest BCUT2D eigenvalue weighted by atomic mass is 16.5. The van der Waals surface area contributed by atoms with Gasteiger partial charge in [-0.1, -0.05) is 0 Å². The number of methoxy groups -OCH3 is 1. The van der Waals surface area contributed by atoms with Crippen LogP contribution in [0.2, 0.25) is 0 Å². The Balaban J connectivity index is 2.60. The molecule has 0 aromatic heterocycles. The lowest BCUT2D eigenvalue weighted by atomic mass is 10.2. The smallest absolute Gasteiger partial charge is 0.122 e. The number of nitrogens with one attached hydrogen (secondary N) is 1. The number of nitrogens with two attached hydrogens (primary N) is 1. The third-order valence-electron chi connectivity index (χ3n) is 1.90. The van der Waals surface area contributed by atoms with Crippen LogP contribution in [0, 0.1) is 5.41 Å². The van der Waals surface area contributed by atoms with Gasteiger partial charge in [0.1, 0.15) is 17.7 Å². The van der Waals surface area contributed by atoms with Crippen LogP contribution in [0.15, 0.2) is 24.3 Å². The molecular weight excluding hydrogens is 192 g/mol. The molecule has 0 radical (unpaired) electrons. The molecule has 1 rings (SSSR count). The molecule has 1 unspecified atom stereocenters. The van der Waals surface area contributed by atoms with Crippen molar-refractivity contribution >= 4 is 5.84 Å². The Kier molecular flexibility index (Phi) is 4.12. The van der Waals surface area contributed by atoms with Gasteiger partial charge < -0.3 is 15.2 Å². The zero-order valence-corrected chi connectivity index (χ0v) is 8.99. The van der Waals surface area contributed by atoms with Gasteiger partial charge in [0.05, 0.1) is 6.61 Å². The summed E-state index contributed by atoms with van der Waals surface area (Å²) in [7, 11) is 1.64. The van der Waals surface area contributed by atoms with E-state index in [0.29, 0.717) is 12.2 Å². The molecule has 0 aliphatic heterocycles. The number of hydrogen-bond donors (Lipinski definition) is 2. The van der Waals surface area contributed by atoms with E-state index in [1.165, 1.54) is 0 Å². The summed E-state index contributed by atoms with van der Waals surface area (Å²) in [6, 6.07) is 7.11. The Morgan fingerprint density at radius 3 is 2.47 bits per heavy atom. The van der Waals surface area contributed by atoms with Crippen molar-refractivity contribution in [1.82, 2.24) is 0 Å². The van der Waals surface area contributed by atoms with Crippen molar-refractivity contribution in [3.8, 4) is 5.75 Å². The molecule has 82 valence electrons. The van der Waals surface area contributed by atoms with Gasteiger partial charge in [-0.15, -0.1) is 0 Å². The van der Waals surface area contributed by atoms with Gasteiger partial charge in [0.25, 0.3) is 0 Å². The maximum absolute atomic E-state index is 7.23. The summed E-state index contributed by atoms with van der Waals surface area (Å²) in [6.07, 6.45) is 0.0122. The predicted molar refractivity (Wildman–Crippen MR) is 59.4 cm³/mol. The lowest BCUT2D eigenvalue weighted by Gasteiger charge is -2.13. The van der Waals surface area contributed by atoms with Crippen molar-refractivity contribution in [2.75, 3.05) is 13.7 Å². The molecule has 4 heteroatoms. The van der Waals surface area contributed by atoms with E-state index in [4.69, 9.17) is 20.6 Å². The fourth-order valence-electron chi connectivity index (χ4n) is 1.21. The minimum Gasteiger partial charge on any atom is -0.488 e. The third kappa shape index (κ3) is 3.59. The van der Waals surface area contributed by atoms with Crippen LogP contribution in [-0.2, 0) is 4.74 Å². The second-order valence-electron chi connectivity index (χ2n) is 3.32. The van der Waals surface area contributed by atoms with E-state index in [-0.39, 0.29) is 11.9 Å². The maximum atomic E-state index is 7.23. The average molecular weight is 208 g/mol. The Labute approximate surface area is 89.5 Å². The maximum Gasteiger partial charge on any atom is 0.122 e. The highest BCUT2D eigenvalue weighted by Gasteiger charge is 2.03. The van der Waals surface area contributed by atoms with E-state index in [2.05, 4.69) is 0 Å². The molecule has 0 aliphatic rings. The van der Waals surface area contributed by atoms with Crippen LogP contribution in [-0.4, -0.2) is 25.7 Å². The zero-order chi connectivity index (χ0) is 11.3. The lowest BCUT2D eigenvalue weighted by Crippen LogP contribution is -2.18. The highest BCUT2D eigenvalue weighted by Crippen LogP contribution is 2.13. The molecule has 3 N–H and O–H groups in total. The first-order valence-electron chi connectivity index (χ1n) is 4.73. The van der Waals surface area contributed by atoms with Gasteiger partial charge in [0.2, 0.25) is 0 Å². The van der Waals surface area contributed by atoms with E-state index >= 15 is 0 Å². The van der Waals surface area contributed by atoms with Gasteiger partial charge in [-0.2, -0.15) is 0 Å². The van der Waals surface area contributed by atoms with Crippen LogP contribution >= 0.6 is 0 Å². The van der Waals surface area contributed by atoms with E-state index in [0.717, 1.165) is 5.75 Å². The van der Waals surface area contributed by atoms with Crippen LogP contribution in [0.25, 0.3) is 0 Å². The van der Waals surface area contributed by atoms with Crippen molar-refractivity contribution < 1.29 is 9.47 Å². The summed E-state index contributed by atoms with van der Waals surface area (Å²) in [5.41, 5.74) is 6.03. The summed E-state index contributed by atoms with van der Waals surface area (Å²) in [5.74, 6) is 0.816. The zero-order valence-electron chi connectivity index (χ0n) is 8.99. The predicted octanol–water partition coefficient (Wildman–Crippen LogP) is 1.38. The Morgan fingerprint density at radius 2 is 2.00 bits per heavy atom. The number of ether oxygens (including phenoxy) is 2. The molecule has 0 aliphatic carbocycles. The minimum atomic E-state index is 0.0122. The SMILES string of the molecule is COCC(C)Oc1ccc(C(=N)N)cc1. The molecule has 0 fully saturated rings. The van der Waals surface area contributed by atoms with Crippen LogP contribution in [0.5, 0.6) is 5.75 Å². The molecule has 0 heterocycles. The first-order chi connectivity index (χ1) is 7.13. The quantitative estimate of drug-likeness (QED) is 0.567. The molecule has 1 aromatic rings. The molecule has 0 bridgehead atoms. The van der Waals surface area contributed by atoms with Crippen LogP contribution < -0.4 is 10.5 Å².